The Balaban J connectivity index is 1.30. The Kier molecular flexibility index (Phi) is 6.64. The molecule has 0 spiro atoms. The van der Waals surface area contributed by atoms with E-state index in [-0.39, 0.29) is 42.5 Å². The van der Waals surface area contributed by atoms with Crippen molar-refractivity contribution >= 4 is 23.6 Å². The number of benzene rings is 3. The lowest BCUT2D eigenvalue weighted by atomic mass is 9.57. The van der Waals surface area contributed by atoms with Crippen LogP contribution < -0.4 is 4.74 Å². The fourth-order valence-electron chi connectivity index (χ4n) is 7.82. The van der Waals surface area contributed by atoms with Crippen LogP contribution in [0.4, 0.5) is 0 Å². The van der Waals surface area contributed by atoms with E-state index in [1.165, 1.54) is 23.0 Å². The van der Waals surface area contributed by atoms with Gasteiger partial charge in [0.05, 0.1) is 43.9 Å². The van der Waals surface area contributed by atoms with Gasteiger partial charge in [-0.1, -0.05) is 72.3 Å². The fourth-order valence-corrected chi connectivity index (χ4v) is 7.82. The van der Waals surface area contributed by atoms with Gasteiger partial charge in [0.25, 0.3) is 0 Å². The van der Waals surface area contributed by atoms with Crippen LogP contribution in [0.15, 0.2) is 90.5 Å². The highest BCUT2D eigenvalue weighted by molar-refractivity contribution is 6.08. The molecule has 2 saturated heterocycles. The summed E-state index contributed by atoms with van der Waals surface area (Å²) in [5.41, 5.74) is 3.04. The molecule has 7 rings (SSSR count). The molecule has 218 valence electrons. The van der Waals surface area contributed by atoms with Crippen molar-refractivity contribution in [2.75, 3.05) is 7.11 Å². The Morgan fingerprint density at radius 2 is 1.30 bits per heavy atom. The van der Waals surface area contributed by atoms with Gasteiger partial charge in [-0.05, 0) is 48.1 Å². The molecule has 2 aliphatic carbocycles. The highest BCUT2D eigenvalue weighted by Gasteiger charge is 2.62. The summed E-state index contributed by atoms with van der Waals surface area (Å²) in [7, 11) is 1.53. The minimum absolute atomic E-state index is 0.00508. The number of nitrogens with zero attached hydrogens (tertiary/aromatic N) is 2. The topological polar surface area (TPSA) is 104 Å². The predicted octanol–water partition coefficient (Wildman–Crippen LogP) is 4.44. The zero-order valence-corrected chi connectivity index (χ0v) is 23.8. The van der Waals surface area contributed by atoms with E-state index >= 15 is 0 Å². The van der Waals surface area contributed by atoms with E-state index in [0.717, 1.165) is 16.7 Å². The molecule has 6 atom stereocenters. The molecular formula is C35H32N2O6. The molecule has 3 aromatic carbocycles. The molecule has 4 amide bonds. The number of phenolic OH excluding ortho intramolecular Hbond substituents is 1. The van der Waals surface area contributed by atoms with Gasteiger partial charge >= 0.3 is 0 Å². The number of phenols is 1. The lowest BCUT2D eigenvalue weighted by Gasteiger charge is -2.44. The first-order valence-corrected chi connectivity index (χ1v) is 14.7. The number of fused-ring (bicyclic) bond motifs is 4. The summed E-state index contributed by atoms with van der Waals surface area (Å²) in [6.07, 6.45) is 2.65. The highest BCUT2D eigenvalue weighted by Crippen LogP contribution is 2.59. The zero-order chi connectivity index (χ0) is 29.8. The first kappa shape index (κ1) is 27.1. The Labute approximate surface area is 249 Å². The second-order valence-electron chi connectivity index (χ2n) is 11.9. The van der Waals surface area contributed by atoms with Crippen LogP contribution in [0.5, 0.6) is 11.5 Å². The molecule has 1 saturated carbocycles. The largest absolute Gasteiger partial charge is 0.508 e. The predicted molar refractivity (Wildman–Crippen MR) is 156 cm³/mol. The van der Waals surface area contributed by atoms with Crippen molar-refractivity contribution in [2.24, 2.45) is 29.6 Å². The minimum atomic E-state index is -0.735. The van der Waals surface area contributed by atoms with E-state index in [0.29, 0.717) is 24.2 Å². The number of likely N-dealkylation sites (tertiary alicyclic amines) is 2. The summed E-state index contributed by atoms with van der Waals surface area (Å²) in [6.45, 7) is 0.350. The molecule has 4 aliphatic rings. The molecule has 2 heterocycles. The Morgan fingerprint density at radius 1 is 0.721 bits per heavy atom. The van der Waals surface area contributed by atoms with Crippen LogP contribution in [0.3, 0.4) is 0 Å². The Morgan fingerprint density at radius 3 is 1.91 bits per heavy atom. The number of ether oxygens (including phenoxy) is 1. The summed E-state index contributed by atoms with van der Waals surface area (Å²) in [6, 6.07) is 23.7. The van der Waals surface area contributed by atoms with Gasteiger partial charge in [-0.2, -0.15) is 0 Å². The van der Waals surface area contributed by atoms with Gasteiger partial charge in [-0.15, -0.1) is 0 Å². The number of allylic oxidation sites excluding steroid dienone is 2. The molecule has 0 bridgehead atoms. The molecule has 1 N–H and O–H groups in total. The normalized spacial score (nSPS) is 28.0. The van der Waals surface area contributed by atoms with Gasteiger partial charge in [0.1, 0.15) is 11.5 Å². The van der Waals surface area contributed by atoms with E-state index in [2.05, 4.69) is 0 Å². The van der Waals surface area contributed by atoms with Gasteiger partial charge in [-0.25, -0.2) is 0 Å². The number of rotatable bonds is 6. The van der Waals surface area contributed by atoms with Crippen LogP contribution in [0.2, 0.25) is 0 Å². The van der Waals surface area contributed by atoms with Gasteiger partial charge in [0.2, 0.25) is 23.6 Å². The molecule has 8 heteroatoms. The first-order chi connectivity index (χ1) is 20.9. The molecule has 43 heavy (non-hydrogen) atoms. The zero-order valence-electron chi connectivity index (χ0n) is 23.8. The average Bonchev–Trinajstić information content (AvgIpc) is 3.41. The summed E-state index contributed by atoms with van der Waals surface area (Å²) in [4.78, 5) is 58.4. The van der Waals surface area contributed by atoms with E-state index in [4.69, 9.17) is 4.74 Å². The SMILES string of the molecule is COc1ccc(O)c(C2C3=CCC4C(=O)N(Cc5ccccc5)C(=O)C4C3CC3C(=O)N(Cc4ccccc4)C(=O)C32)c1. The van der Waals surface area contributed by atoms with Crippen molar-refractivity contribution in [3.8, 4) is 11.5 Å². The van der Waals surface area contributed by atoms with Crippen LogP contribution in [0, 0.1) is 29.6 Å². The van der Waals surface area contributed by atoms with E-state index < -0.39 is 35.5 Å². The number of carbonyl (C=O) groups excluding carboxylic acids is 4. The quantitative estimate of drug-likeness (QED) is 0.344. The summed E-state index contributed by atoms with van der Waals surface area (Å²) >= 11 is 0. The first-order valence-electron chi connectivity index (χ1n) is 14.7. The van der Waals surface area contributed by atoms with Gasteiger partial charge in [0.15, 0.2) is 0 Å². The number of hydrogen-bond donors (Lipinski definition) is 1. The highest BCUT2D eigenvalue weighted by atomic mass is 16.5. The van der Waals surface area contributed by atoms with Crippen molar-refractivity contribution in [1.82, 2.24) is 9.80 Å². The molecule has 2 aliphatic heterocycles. The van der Waals surface area contributed by atoms with Crippen molar-refractivity contribution in [3.05, 3.63) is 107 Å². The van der Waals surface area contributed by atoms with E-state index in [1.807, 2.05) is 66.7 Å². The third-order valence-corrected chi connectivity index (χ3v) is 9.77. The lowest BCUT2D eigenvalue weighted by molar-refractivity contribution is -0.142. The summed E-state index contributed by atoms with van der Waals surface area (Å²) in [5.74, 6) is -4.10. The maximum Gasteiger partial charge on any atom is 0.234 e. The number of imide groups is 2. The third kappa shape index (κ3) is 4.35. The van der Waals surface area contributed by atoms with Crippen molar-refractivity contribution in [2.45, 2.75) is 31.8 Å². The van der Waals surface area contributed by atoms with Crippen molar-refractivity contribution in [1.29, 1.82) is 0 Å². The molecule has 0 radical (unpaired) electrons. The summed E-state index contributed by atoms with van der Waals surface area (Å²) in [5, 5.41) is 11.1. The molecule has 3 fully saturated rings. The standard InChI is InChI=1S/C35H32N2O6/c1-43-22-12-15-28(38)26(16-22)29-23-13-14-24-30(34(41)36(32(24)39)18-20-8-4-2-5-9-20)25(23)17-27-31(29)35(42)37(33(27)40)19-21-10-6-3-7-11-21/h2-13,15-16,24-25,27,29-31,38H,14,17-19H2,1H3. The third-order valence-electron chi connectivity index (χ3n) is 9.77. The second kappa shape index (κ2) is 10.5. The van der Waals surface area contributed by atoms with E-state index in [1.54, 1.807) is 12.1 Å². The molecule has 6 unspecified atom stereocenters. The molecular weight excluding hydrogens is 544 g/mol. The number of hydrogen-bond acceptors (Lipinski definition) is 6. The van der Waals surface area contributed by atoms with Crippen LogP contribution in [0.1, 0.15) is 35.4 Å². The number of amides is 4. The van der Waals surface area contributed by atoms with Gasteiger partial charge < -0.3 is 9.84 Å². The van der Waals surface area contributed by atoms with Crippen molar-refractivity contribution < 1.29 is 29.0 Å². The Hall–Kier alpha value is -4.72. The second-order valence-corrected chi connectivity index (χ2v) is 11.9. The molecule has 8 nitrogen and oxygen atoms in total. The van der Waals surface area contributed by atoms with Gasteiger partial charge in [0, 0.05) is 11.5 Å². The van der Waals surface area contributed by atoms with Crippen molar-refractivity contribution in [3.63, 3.8) is 0 Å². The Bertz CT molecular complexity index is 1650. The lowest BCUT2D eigenvalue weighted by Crippen LogP contribution is -2.43. The van der Waals surface area contributed by atoms with E-state index in [9.17, 15) is 24.3 Å². The smallest absolute Gasteiger partial charge is 0.234 e. The number of aromatic hydroxyl groups is 1. The maximum absolute atomic E-state index is 14.1. The monoisotopic (exact) mass is 576 g/mol. The van der Waals surface area contributed by atoms with Crippen LogP contribution in [-0.2, 0) is 32.3 Å². The van der Waals surface area contributed by atoms with Crippen LogP contribution in [-0.4, -0.2) is 45.6 Å². The number of carbonyl (C=O) groups is 4. The molecule has 3 aromatic rings. The molecule has 0 aromatic heterocycles. The maximum atomic E-state index is 14.1. The number of methoxy groups -OCH3 is 1. The average molecular weight is 577 g/mol. The fraction of sp³-hybridized carbons (Fsp3) is 0.314. The van der Waals surface area contributed by atoms with Gasteiger partial charge in [-0.3, -0.25) is 29.0 Å². The van der Waals surface area contributed by atoms with Crippen LogP contribution in [0.25, 0.3) is 0 Å². The minimum Gasteiger partial charge on any atom is -0.508 e. The van der Waals surface area contributed by atoms with Crippen LogP contribution >= 0.6 is 0 Å². The summed E-state index contributed by atoms with van der Waals surface area (Å²) < 4.78 is 5.47.